The smallest absolute Gasteiger partial charge is 0.0336 e. The maximum Gasteiger partial charge on any atom is 0.0336 e. The molecule has 0 aromatic heterocycles. The van der Waals surface area contributed by atoms with E-state index in [0.717, 1.165) is 25.8 Å². The van der Waals surface area contributed by atoms with Gasteiger partial charge in [-0.2, -0.15) is 0 Å². The Morgan fingerprint density at radius 3 is 2.20 bits per heavy atom. The van der Waals surface area contributed by atoms with Crippen molar-refractivity contribution in [2.24, 2.45) is 11.7 Å². The van der Waals surface area contributed by atoms with Crippen molar-refractivity contribution in [3.05, 3.63) is 0 Å². The second kappa shape index (κ2) is 5.99. The van der Waals surface area contributed by atoms with Crippen LogP contribution in [0.15, 0.2) is 0 Å². The molecule has 0 saturated carbocycles. The highest BCUT2D eigenvalue weighted by atomic mass is 35.5. The maximum absolute atomic E-state index is 5.96. The average molecular weight is 164 g/mol. The van der Waals surface area contributed by atoms with Crippen LogP contribution in [-0.4, -0.2) is 11.9 Å². The molecule has 0 spiro atoms. The van der Waals surface area contributed by atoms with E-state index in [1.54, 1.807) is 0 Å². The maximum atomic E-state index is 5.96. The van der Waals surface area contributed by atoms with Crippen molar-refractivity contribution >= 4 is 11.6 Å². The number of rotatable bonds is 5. The van der Waals surface area contributed by atoms with E-state index < -0.39 is 0 Å². The second-order valence-corrected chi connectivity index (χ2v) is 3.37. The Labute approximate surface area is 68.9 Å². The lowest BCUT2D eigenvalue weighted by Crippen LogP contribution is -2.17. The van der Waals surface area contributed by atoms with Crippen LogP contribution in [0, 0.1) is 5.92 Å². The highest BCUT2D eigenvalue weighted by molar-refractivity contribution is 6.20. The van der Waals surface area contributed by atoms with Crippen LogP contribution in [0.3, 0.4) is 0 Å². The third kappa shape index (κ3) is 4.13. The van der Waals surface area contributed by atoms with Gasteiger partial charge in [-0.3, -0.25) is 0 Å². The predicted octanol–water partition coefficient (Wildman–Crippen LogP) is 2.38. The van der Waals surface area contributed by atoms with Crippen LogP contribution in [0.5, 0.6) is 0 Å². The lowest BCUT2D eigenvalue weighted by atomic mass is 10.00. The fraction of sp³-hybridized carbons (Fsp3) is 1.00. The molecule has 0 aromatic carbocycles. The van der Waals surface area contributed by atoms with E-state index in [9.17, 15) is 0 Å². The van der Waals surface area contributed by atoms with Crippen molar-refractivity contribution < 1.29 is 0 Å². The SMILES string of the molecule is CCC(Cl)CC(CC)CN. The molecule has 1 nitrogen and oxygen atoms in total. The zero-order valence-corrected chi connectivity index (χ0v) is 7.69. The van der Waals surface area contributed by atoms with Crippen molar-refractivity contribution in [3.63, 3.8) is 0 Å². The molecule has 10 heavy (non-hydrogen) atoms. The van der Waals surface area contributed by atoms with Crippen LogP contribution in [-0.2, 0) is 0 Å². The number of alkyl halides is 1. The summed E-state index contributed by atoms with van der Waals surface area (Å²) >= 11 is 5.96. The fourth-order valence-electron chi connectivity index (χ4n) is 0.958. The van der Waals surface area contributed by atoms with Crippen LogP contribution >= 0.6 is 11.6 Å². The summed E-state index contributed by atoms with van der Waals surface area (Å²) in [6, 6.07) is 0. The van der Waals surface area contributed by atoms with Gasteiger partial charge in [0.1, 0.15) is 0 Å². The quantitative estimate of drug-likeness (QED) is 0.619. The summed E-state index contributed by atoms with van der Waals surface area (Å²) in [5, 5.41) is 0.327. The Bertz CT molecular complexity index is 71.7. The molecule has 0 aliphatic carbocycles. The molecular formula is C8H18ClN. The van der Waals surface area contributed by atoms with Gasteiger partial charge in [0.25, 0.3) is 0 Å². The molecule has 0 saturated heterocycles. The van der Waals surface area contributed by atoms with Gasteiger partial charge in [-0.15, -0.1) is 11.6 Å². The molecule has 0 heterocycles. The van der Waals surface area contributed by atoms with Gasteiger partial charge in [0, 0.05) is 5.38 Å². The summed E-state index contributed by atoms with van der Waals surface area (Å²) in [6.07, 6.45) is 3.28. The first-order chi connectivity index (χ1) is 4.74. The highest BCUT2D eigenvalue weighted by Crippen LogP contribution is 2.15. The van der Waals surface area contributed by atoms with Gasteiger partial charge in [-0.25, -0.2) is 0 Å². The summed E-state index contributed by atoms with van der Waals surface area (Å²) in [7, 11) is 0. The molecule has 62 valence electrons. The van der Waals surface area contributed by atoms with Crippen LogP contribution in [0.2, 0.25) is 0 Å². The van der Waals surface area contributed by atoms with Gasteiger partial charge in [0.05, 0.1) is 0 Å². The summed E-state index contributed by atoms with van der Waals surface area (Å²) in [5.74, 6) is 0.627. The largest absolute Gasteiger partial charge is 0.330 e. The van der Waals surface area contributed by atoms with Crippen molar-refractivity contribution in [1.29, 1.82) is 0 Å². The Kier molecular flexibility index (Phi) is 6.14. The Balaban J connectivity index is 3.41. The van der Waals surface area contributed by atoms with E-state index in [1.165, 1.54) is 0 Å². The van der Waals surface area contributed by atoms with E-state index in [0.29, 0.717) is 11.3 Å². The monoisotopic (exact) mass is 163 g/mol. The van der Waals surface area contributed by atoms with Gasteiger partial charge >= 0.3 is 0 Å². The standard InChI is InChI=1S/C8H18ClN/c1-3-7(6-10)5-8(9)4-2/h7-8H,3-6,10H2,1-2H3. The molecule has 2 N–H and O–H groups in total. The molecule has 0 aliphatic heterocycles. The number of nitrogens with two attached hydrogens (primary N) is 1. The summed E-state index contributed by atoms with van der Waals surface area (Å²) in [5.41, 5.74) is 5.53. The van der Waals surface area contributed by atoms with Crippen LogP contribution in [0.1, 0.15) is 33.1 Å². The minimum atomic E-state index is 0.327. The van der Waals surface area contributed by atoms with E-state index >= 15 is 0 Å². The van der Waals surface area contributed by atoms with Gasteiger partial charge in [-0.1, -0.05) is 20.3 Å². The third-order valence-electron chi connectivity index (χ3n) is 1.94. The Morgan fingerprint density at radius 1 is 1.30 bits per heavy atom. The molecular weight excluding hydrogens is 146 g/mol. The molecule has 2 heteroatoms. The van der Waals surface area contributed by atoms with E-state index in [-0.39, 0.29) is 0 Å². The number of hydrogen-bond donors (Lipinski definition) is 1. The molecule has 0 radical (unpaired) electrons. The second-order valence-electron chi connectivity index (χ2n) is 2.75. The van der Waals surface area contributed by atoms with Crippen LogP contribution in [0.25, 0.3) is 0 Å². The molecule has 0 rings (SSSR count). The molecule has 0 aromatic rings. The molecule has 0 bridgehead atoms. The first kappa shape index (κ1) is 10.2. The van der Waals surface area contributed by atoms with Crippen molar-refractivity contribution in [3.8, 4) is 0 Å². The van der Waals surface area contributed by atoms with Gasteiger partial charge in [0.2, 0.25) is 0 Å². The van der Waals surface area contributed by atoms with Gasteiger partial charge in [-0.05, 0) is 25.3 Å². The van der Waals surface area contributed by atoms with E-state index in [2.05, 4.69) is 13.8 Å². The minimum Gasteiger partial charge on any atom is -0.330 e. The minimum absolute atomic E-state index is 0.327. The van der Waals surface area contributed by atoms with E-state index in [4.69, 9.17) is 17.3 Å². The topological polar surface area (TPSA) is 26.0 Å². The molecule has 0 amide bonds. The van der Waals surface area contributed by atoms with Crippen LogP contribution in [0.4, 0.5) is 0 Å². The van der Waals surface area contributed by atoms with Gasteiger partial charge in [0.15, 0.2) is 0 Å². The summed E-state index contributed by atoms with van der Waals surface area (Å²) < 4.78 is 0. The first-order valence-corrected chi connectivity index (χ1v) is 4.52. The van der Waals surface area contributed by atoms with Crippen molar-refractivity contribution in [2.75, 3.05) is 6.54 Å². The highest BCUT2D eigenvalue weighted by Gasteiger charge is 2.09. The average Bonchev–Trinajstić information content (AvgIpc) is 1.99. The molecule has 2 atom stereocenters. The van der Waals surface area contributed by atoms with Gasteiger partial charge < -0.3 is 5.73 Å². The van der Waals surface area contributed by atoms with E-state index in [1.807, 2.05) is 0 Å². The lowest BCUT2D eigenvalue weighted by molar-refractivity contribution is 0.465. The first-order valence-electron chi connectivity index (χ1n) is 4.08. The predicted molar refractivity (Wildman–Crippen MR) is 47.4 cm³/mol. The molecule has 2 unspecified atom stereocenters. The summed E-state index contributed by atoms with van der Waals surface area (Å²) in [4.78, 5) is 0. The zero-order valence-electron chi connectivity index (χ0n) is 6.94. The normalized spacial score (nSPS) is 16.8. The number of halogens is 1. The third-order valence-corrected chi connectivity index (χ3v) is 2.43. The van der Waals surface area contributed by atoms with Crippen molar-refractivity contribution in [1.82, 2.24) is 0 Å². The zero-order chi connectivity index (χ0) is 7.98. The lowest BCUT2D eigenvalue weighted by Gasteiger charge is -2.14. The Morgan fingerprint density at radius 2 is 1.90 bits per heavy atom. The van der Waals surface area contributed by atoms with Crippen LogP contribution < -0.4 is 5.73 Å². The molecule has 0 aliphatic rings. The molecule has 0 fully saturated rings. The fourth-order valence-corrected chi connectivity index (χ4v) is 1.21. The van der Waals surface area contributed by atoms with Crippen molar-refractivity contribution in [2.45, 2.75) is 38.5 Å². The summed E-state index contributed by atoms with van der Waals surface area (Å²) in [6.45, 7) is 5.05. The number of hydrogen-bond acceptors (Lipinski definition) is 1. The Hall–Kier alpha value is 0.250.